The number of unbranched alkanes of at least 4 members (excludes halogenated alkanes) is 1. The second-order valence-corrected chi connectivity index (χ2v) is 9.88. The van der Waals surface area contributed by atoms with Gasteiger partial charge in [-0.3, -0.25) is 9.48 Å². The van der Waals surface area contributed by atoms with Gasteiger partial charge in [0.15, 0.2) is 21.3 Å². The molecule has 1 saturated heterocycles. The van der Waals surface area contributed by atoms with Crippen LogP contribution in [0.1, 0.15) is 48.3 Å². The predicted octanol–water partition coefficient (Wildman–Crippen LogP) is 4.10. The molecule has 0 saturated carbocycles. The fraction of sp³-hybridized carbons (Fsp3) is 0.364. The van der Waals surface area contributed by atoms with Gasteiger partial charge in [0.25, 0.3) is 5.91 Å². The predicted molar refractivity (Wildman–Crippen MR) is 115 cm³/mol. The zero-order valence-electron chi connectivity index (χ0n) is 16.9. The summed E-state index contributed by atoms with van der Waals surface area (Å²) >= 11 is 0. The third kappa shape index (κ3) is 4.48. The third-order valence-corrected chi connectivity index (χ3v) is 7.08. The van der Waals surface area contributed by atoms with Crippen molar-refractivity contribution in [1.29, 1.82) is 0 Å². The number of aryl methyl sites for hydroxylation is 1. The summed E-state index contributed by atoms with van der Waals surface area (Å²) in [4.78, 5) is 12.8. The molecule has 2 aromatic heterocycles. The van der Waals surface area contributed by atoms with Crippen molar-refractivity contribution >= 4 is 21.4 Å². The number of furan rings is 1. The van der Waals surface area contributed by atoms with Gasteiger partial charge in [-0.05, 0) is 49.1 Å². The van der Waals surface area contributed by atoms with E-state index < -0.39 is 9.84 Å². The van der Waals surface area contributed by atoms with Crippen LogP contribution in [0.25, 0.3) is 11.5 Å². The molecular formula is C22H25N3O4S. The number of rotatable bonds is 7. The lowest BCUT2D eigenvalue weighted by Crippen LogP contribution is -2.16. The van der Waals surface area contributed by atoms with Gasteiger partial charge in [-0.1, -0.05) is 25.5 Å². The van der Waals surface area contributed by atoms with Crippen LogP contribution in [0.2, 0.25) is 0 Å². The molecule has 1 aliphatic heterocycles. The summed E-state index contributed by atoms with van der Waals surface area (Å²) in [6.07, 6.45) is 5.30. The zero-order chi connectivity index (χ0) is 21.1. The number of hydrogen-bond acceptors (Lipinski definition) is 5. The summed E-state index contributed by atoms with van der Waals surface area (Å²) in [7, 11) is -3.09. The molecule has 8 heteroatoms. The van der Waals surface area contributed by atoms with Crippen molar-refractivity contribution < 1.29 is 17.6 Å². The molecule has 0 radical (unpaired) electrons. The average molecular weight is 428 g/mol. The van der Waals surface area contributed by atoms with Crippen molar-refractivity contribution in [2.45, 2.75) is 38.6 Å². The lowest BCUT2D eigenvalue weighted by molar-refractivity contribution is 0.102. The van der Waals surface area contributed by atoms with Crippen LogP contribution in [-0.2, 0) is 16.3 Å². The maximum Gasteiger partial charge on any atom is 0.276 e. The van der Waals surface area contributed by atoms with Gasteiger partial charge in [0, 0.05) is 11.8 Å². The number of nitrogens with one attached hydrogen (secondary N) is 1. The van der Waals surface area contributed by atoms with E-state index in [0.717, 1.165) is 19.3 Å². The van der Waals surface area contributed by atoms with Crippen molar-refractivity contribution in [3.8, 4) is 11.5 Å². The first-order chi connectivity index (χ1) is 14.4. The average Bonchev–Trinajstić information content (AvgIpc) is 3.46. The summed E-state index contributed by atoms with van der Waals surface area (Å²) in [6.45, 7) is 2.16. The van der Waals surface area contributed by atoms with Gasteiger partial charge in [0.1, 0.15) is 5.69 Å². The van der Waals surface area contributed by atoms with Crippen LogP contribution in [-0.4, -0.2) is 35.6 Å². The minimum absolute atomic E-state index is 0.0165. The van der Waals surface area contributed by atoms with Crippen LogP contribution < -0.4 is 5.32 Å². The molecule has 1 unspecified atom stereocenters. The Labute approximate surface area is 176 Å². The Morgan fingerprint density at radius 3 is 2.70 bits per heavy atom. The highest BCUT2D eigenvalue weighted by Gasteiger charge is 2.32. The van der Waals surface area contributed by atoms with E-state index in [2.05, 4.69) is 17.3 Å². The molecule has 1 amide bonds. The third-order valence-electron chi connectivity index (χ3n) is 5.33. The topological polar surface area (TPSA) is 94.2 Å². The van der Waals surface area contributed by atoms with E-state index in [1.165, 1.54) is 11.8 Å². The SMILES string of the molecule is CCCCc1ccc(NC(=O)c2cc(-c3ccco3)n(C3CCS(=O)(=O)C3)n2)cc1. The number of amides is 1. The Kier molecular flexibility index (Phi) is 5.76. The van der Waals surface area contributed by atoms with E-state index in [9.17, 15) is 13.2 Å². The number of carbonyl (C=O) groups is 1. The normalized spacial score (nSPS) is 17.8. The van der Waals surface area contributed by atoms with Gasteiger partial charge in [-0.2, -0.15) is 5.10 Å². The summed E-state index contributed by atoms with van der Waals surface area (Å²) in [5, 5.41) is 7.32. The summed E-state index contributed by atoms with van der Waals surface area (Å²) in [5.74, 6) is 0.346. The van der Waals surface area contributed by atoms with Crippen molar-refractivity contribution in [2.24, 2.45) is 0 Å². The van der Waals surface area contributed by atoms with Gasteiger partial charge in [-0.25, -0.2) is 8.42 Å². The smallest absolute Gasteiger partial charge is 0.276 e. The molecule has 30 heavy (non-hydrogen) atoms. The molecule has 0 spiro atoms. The van der Waals surface area contributed by atoms with E-state index in [-0.39, 0.29) is 29.1 Å². The van der Waals surface area contributed by atoms with Crippen LogP contribution >= 0.6 is 0 Å². The molecule has 1 atom stereocenters. The van der Waals surface area contributed by atoms with Gasteiger partial charge in [0.2, 0.25) is 0 Å². The van der Waals surface area contributed by atoms with Gasteiger partial charge >= 0.3 is 0 Å². The van der Waals surface area contributed by atoms with E-state index in [4.69, 9.17) is 4.42 Å². The zero-order valence-corrected chi connectivity index (χ0v) is 17.7. The molecule has 3 heterocycles. The van der Waals surface area contributed by atoms with Gasteiger partial charge in [-0.15, -0.1) is 0 Å². The Morgan fingerprint density at radius 1 is 1.27 bits per heavy atom. The van der Waals surface area contributed by atoms with Gasteiger partial charge in [0.05, 0.1) is 23.8 Å². The Balaban J connectivity index is 1.56. The fourth-order valence-electron chi connectivity index (χ4n) is 3.69. The summed E-state index contributed by atoms with van der Waals surface area (Å²) < 4.78 is 31.0. The van der Waals surface area contributed by atoms with Crippen molar-refractivity contribution in [3.05, 3.63) is 60.0 Å². The molecule has 1 N–H and O–H groups in total. The number of hydrogen-bond donors (Lipinski definition) is 1. The highest BCUT2D eigenvalue weighted by molar-refractivity contribution is 7.91. The number of sulfone groups is 1. The quantitative estimate of drug-likeness (QED) is 0.613. The minimum Gasteiger partial charge on any atom is -0.463 e. The lowest BCUT2D eigenvalue weighted by Gasteiger charge is -2.11. The second-order valence-electron chi connectivity index (χ2n) is 7.65. The molecule has 158 valence electrons. The summed E-state index contributed by atoms with van der Waals surface area (Å²) in [6, 6.07) is 12.7. The molecular weight excluding hydrogens is 402 g/mol. The monoisotopic (exact) mass is 427 g/mol. The number of carbonyl (C=O) groups excluding carboxylic acids is 1. The van der Waals surface area contributed by atoms with Crippen LogP contribution in [0.5, 0.6) is 0 Å². The first-order valence-corrected chi connectivity index (χ1v) is 12.0. The Bertz CT molecular complexity index is 1120. The number of nitrogens with zero attached hydrogens (tertiary/aromatic N) is 2. The first kappa shape index (κ1) is 20.4. The highest BCUT2D eigenvalue weighted by atomic mass is 32.2. The molecule has 0 bridgehead atoms. The molecule has 1 aliphatic rings. The molecule has 1 aromatic carbocycles. The van der Waals surface area contributed by atoms with Gasteiger partial charge < -0.3 is 9.73 Å². The lowest BCUT2D eigenvalue weighted by atomic mass is 10.1. The second kappa shape index (κ2) is 8.47. The van der Waals surface area contributed by atoms with Crippen molar-refractivity contribution in [1.82, 2.24) is 9.78 Å². The van der Waals surface area contributed by atoms with E-state index in [0.29, 0.717) is 23.6 Å². The first-order valence-electron chi connectivity index (χ1n) is 10.2. The highest BCUT2D eigenvalue weighted by Crippen LogP contribution is 2.30. The molecule has 7 nitrogen and oxygen atoms in total. The van der Waals surface area contributed by atoms with Crippen LogP contribution in [0, 0.1) is 0 Å². The van der Waals surface area contributed by atoms with E-state index in [1.807, 2.05) is 24.3 Å². The maximum atomic E-state index is 12.8. The minimum atomic E-state index is -3.09. The van der Waals surface area contributed by atoms with E-state index >= 15 is 0 Å². The molecule has 4 rings (SSSR count). The number of aromatic nitrogens is 2. The van der Waals surface area contributed by atoms with Crippen LogP contribution in [0.15, 0.2) is 53.1 Å². The van der Waals surface area contributed by atoms with Crippen molar-refractivity contribution in [3.63, 3.8) is 0 Å². The fourth-order valence-corrected chi connectivity index (χ4v) is 5.38. The Morgan fingerprint density at radius 2 is 2.07 bits per heavy atom. The largest absolute Gasteiger partial charge is 0.463 e. The van der Waals surface area contributed by atoms with Crippen LogP contribution in [0.4, 0.5) is 5.69 Å². The Hall–Kier alpha value is -2.87. The van der Waals surface area contributed by atoms with E-state index in [1.54, 1.807) is 22.9 Å². The van der Waals surface area contributed by atoms with Crippen LogP contribution in [0.3, 0.4) is 0 Å². The number of benzene rings is 1. The molecule has 1 fully saturated rings. The summed E-state index contributed by atoms with van der Waals surface area (Å²) in [5.41, 5.74) is 2.75. The van der Waals surface area contributed by atoms with Crippen molar-refractivity contribution in [2.75, 3.05) is 16.8 Å². The molecule has 3 aromatic rings. The number of anilines is 1. The standard InChI is InChI=1S/C22H25N3O4S/c1-2-3-5-16-7-9-17(10-8-16)23-22(26)19-14-20(21-6-4-12-29-21)25(24-19)18-11-13-30(27,28)15-18/h4,6-10,12,14,18H,2-3,5,11,13,15H2,1H3,(H,23,26). The molecule has 0 aliphatic carbocycles. The maximum absolute atomic E-state index is 12.8.